The maximum atomic E-state index is 13.0. The number of nitrogens with one attached hydrogen (secondary N) is 1. The Morgan fingerprint density at radius 2 is 1.97 bits per heavy atom. The molecule has 0 spiro atoms. The number of aromatic nitrogens is 1. The van der Waals surface area contributed by atoms with Crippen LogP contribution < -0.4 is 5.32 Å². The van der Waals surface area contributed by atoms with E-state index < -0.39 is 11.9 Å². The van der Waals surface area contributed by atoms with Gasteiger partial charge in [-0.3, -0.25) is 19.3 Å². The van der Waals surface area contributed by atoms with Crippen LogP contribution in [0.15, 0.2) is 70.4 Å². The molecule has 0 radical (unpaired) electrons. The normalized spacial score (nSPS) is 16.3. The Labute approximate surface area is 218 Å². The lowest BCUT2D eigenvalue weighted by atomic mass is 9.99. The first-order chi connectivity index (χ1) is 17.8. The maximum absolute atomic E-state index is 13.0. The molecule has 1 unspecified atom stereocenters. The Balaban J connectivity index is 1.43. The highest BCUT2D eigenvalue weighted by molar-refractivity contribution is 6.30. The van der Waals surface area contributed by atoms with E-state index in [9.17, 15) is 19.5 Å². The number of phenols is 1. The smallest absolute Gasteiger partial charge is 0.277 e. The second kappa shape index (κ2) is 10.1. The van der Waals surface area contributed by atoms with E-state index in [1.54, 1.807) is 30.3 Å². The Hall–Kier alpha value is -4.11. The second-order valence-electron chi connectivity index (χ2n) is 9.07. The third kappa shape index (κ3) is 4.82. The molecule has 190 valence electrons. The van der Waals surface area contributed by atoms with Crippen molar-refractivity contribution in [2.45, 2.75) is 25.3 Å². The van der Waals surface area contributed by atoms with Crippen molar-refractivity contribution in [1.82, 2.24) is 20.3 Å². The van der Waals surface area contributed by atoms with Crippen LogP contribution in [0.5, 0.6) is 5.75 Å². The number of halogens is 1. The van der Waals surface area contributed by atoms with Gasteiger partial charge in [0.05, 0.1) is 11.6 Å². The summed E-state index contributed by atoms with van der Waals surface area (Å²) in [6.07, 6.45) is 1.54. The van der Waals surface area contributed by atoms with Crippen LogP contribution in [0.1, 0.15) is 29.0 Å². The third-order valence-electron chi connectivity index (χ3n) is 6.67. The molecule has 0 aliphatic carbocycles. The average Bonchev–Trinajstić information content (AvgIpc) is 3.46. The maximum Gasteiger partial charge on any atom is 0.277 e. The van der Waals surface area contributed by atoms with Gasteiger partial charge in [0.25, 0.3) is 17.7 Å². The summed E-state index contributed by atoms with van der Waals surface area (Å²) >= 11 is 6.12. The zero-order valence-electron chi connectivity index (χ0n) is 20.1. The number of phenolic OH excluding ortho intramolecular Hbond substituents is 1. The first-order valence-corrected chi connectivity index (χ1v) is 12.3. The molecule has 37 heavy (non-hydrogen) atoms. The molecule has 0 bridgehead atoms. The molecule has 2 aromatic carbocycles. The Morgan fingerprint density at radius 1 is 1.16 bits per heavy atom. The predicted molar refractivity (Wildman–Crippen MR) is 136 cm³/mol. The molecule has 9 nitrogen and oxygen atoms in total. The van der Waals surface area contributed by atoms with Crippen molar-refractivity contribution in [3.63, 3.8) is 0 Å². The third-order valence-corrected chi connectivity index (χ3v) is 6.91. The highest BCUT2D eigenvalue weighted by Gasteiger charge is 2.42. The van der Waals surface area contributed by atoms with Gasteiger partial charge in [0.15, 0.2) is 0 Å². The average molecular weight is 521 g/mol. The zero-order chi connectivity index (χ0) is 26.1. The lowest BCUT2D eigenvalue weighted by Gasteiger charge is -2.36. The van der Waals surface area contributed by atoms with E-state index in [1.807, 2.05) is 17.0 Å². The molecular formula is C27H25ClN4O5. The first-order valence-electron chi connectivity index (χ1n) is 11.9. The van der Waals surface area contributed by atoms with Crippen LogP contribution in [0.25, 0.3) is 11.3 Å². The van der Waals surface area contributed by atoms with Gasteiger partial charge < -0.3 is 19.8 Å². The van der Waals surface area contributed by atoms with Crippen molar-refractivity contribution in [3.05, 3.63) is 82.2 Å². The molecule has 3 amide bonds. The summed E-state index contributed by atoms with van der Waals surface area (Å²) in [5.41, 5.74) is 2.42. The predicted octanol–water partition coefficient (Wildman–Crippen LogP) is 3.39. The molecule has 0 fully saturated rings. The topological polar surface area (TPSA) is 116 Å². The van der Waals surface area contributed by atoms with Gasteiger partial charge in [-0.05, 0) is 37.1 Å². The molecule has 1 atom stereocenters. The zero-order valence-corrected chi connectivity index (χ0v) is 20.9. The SMILES string of the molecule is CN1C(=O)C2=C(C1=O)N(C(CNC(=O)c1ccccc1O)Cc1cc(-c3cccc(Cl)c3)no1)CCC2. The van der Waals surface area contributed by atoms with Crippen molar-refractivity contribution >= 4 is 29.3 Å². The van der Waals surface area contributed by atoms with Gasteiger partial charge in [-0.1, -0.05) is 41.0 Å². The van der Waals surface area contributed by atoms with Crippen molar-refractivity contribution in [1.29, 1.82) is 0 Å². The summed E-state index contributed by atoms with van der Waals surface area (Å²) in [6, 6.07) is 14.9. The highest BCUT2D eigenvalue weighted by Crippen LogP contribution is 2.33. The summed E-state index contributed by atoms with van der Waals surface area (Å²) < 4.78 is 5.62. The minimum absolute atomic E-state index is 0.126. The minimum Gasteiger partial charge on any atom is -0.507 e. The minimum atomic E-state index is -0.447. The lowest BCUT2D eigenvalue weighted by molar-refractivity contribution is -0.136. The van der Waals surface area contributed by atoms with E-state index in [-0.39, 0.29) is 29.7 Å². The molecule has 2 aliphatic rings. The number of nitrogens with zero attached hydrogens (tertiary/aromatic N) is 3. The summed E-state index contributed by atoms with van der Waals surface area (Å²) in [4.78, 5) is 41.5. The summed E-state index contributed by atoms with van der Waals surface area (Å²) in [5, 5.41) is 17.7. The molecule has 0 saturated heterocycles. The van der Waals surface area contributed by atoms with Gasteiger partial charge in [-0.2, -0.15) is 0 Å². The largest absolute Gasteiger partial charge is 0.507 e. The molecule has 10 heteroatoms. The van der Waals surface area contributed by atoms with E-state index in [1.165, 1.54) is 19.2 Å². The number of likely N-dealkylation sites (N-methyl/N-ethyl adjacent to an activating group) is 1. The van der Waals surface area contributed by atoms with E-state index in [2.05, 4.69) is 10.5 Å². The molecule has 3 aromatic rings. The van der Waals surface area contributed by atoms with Gasteiger partial charge in [-0.15, -0.1) is 0 Å². The lowest BCUT2D eigenvalue weighted by Crippen LogP contribution is -2.47. The monoisotopic (exact) mass is 520 g/mol. The Morgan fingerprint density at radius 3 is 2.76 bits per heavy atom. The van der Waals surface area contributed by atoms with Crippen molar-refractivity contribution in [2.24, 2.45) is 0 Å². The number of carbonyl (C=O) groups is 3. The van der Waals surface area contributed by atoms with E-state index in [0.29, 0.717) is 53.6 Å². The van der Waals surface area contributed by atoms with Gasteiger partial charge in [0, 0.05) is 48.8 Å². The molecule has 0 saturated carbocycles. The van der Waals surface area contributed by atoms with Crippen LogP contribution in [0.4, 0.5) is 0 Å². The Bertz CT molecular complexity index is 1420. The highest BCUT2D eigenvalue weighted by atomic mass is 35.5. The number of para-hydroxylation sites is 1. The second-order valence-corrected chi connectivity index (χ2v) is 9.50. The van der Waals surface area contributed by atoms with Crippen molar-refractivity contribution in [3.8, 4) is 17.0 Å². The van der Waals surface area contributed by atoms with Crippen LogP contribution in [-0.2, 0) is 16.0 Å². The Kier molecular flexibility index (Phi) is 6.71. The number of imide groups is 1. The quantitative estimate of drug-likeness (QED) is 0.459. The van der Waals surface area contributed by atoms with Crippen LogP contribution in [0.3, 0.4) is 0 Å². The summed E-state index contributed by atoms with van der Waals surface area (Å²) in [5.74, 6) is -0.662. The van der Waals surface area contributed by atoms with E-state index >= 15 is 0 Å². The van der Waals surface area contributed by atoms with Crippen LogP contribution in [0.2, 0.25) is 5.02 Å². The molecule has 1 aromatic heterocycles. The number of carbonyl (C=O) groups excluding carboxylic acids is 3. The number of hydrogen-bond donors (Lipinski definition) is 2. The summed E-state index contributed by atoms with van der Waals surface area (Å²) in [7, 11) is 1.48. The van der Waals surface area contributed by atoms with Crippen molar-refractivity contribution in [2.75, 3.05) is 20.1 Å². The molecule has 2 N–H and O–H groups in total. The molecule has 5 rings (SSSR count). The van der Waals surface area contributed by atoms with E-state index in [0.717, 1.165) is 10.5 Å². The fourth-order valence-corrected chi connectivity index (χ4v) is 4.99. The first kappa shape index (κ1) is 24.6. The van der Waals surface area contributed by atoms with E-state index in [4.69, 9.17) is 16.1 Å². The summed E-state index contributed by atoms with van der Waals surface area (Å²) in [6.45, 7) is 0.681. The van der Waals surface area contributed by atoms with Crippen molar-refractivity contribution < 1.29 is 24.0 Å². The van der Waals surface area contributed by atoms with Crippen LogP contribution in [-0.4, -0.2) is 64.0 Å². The van der Waals surface area contributed by atoms with Gasteiger partial charge in [0.2, 0.25) is 0 Å². The molecule has 2 aliphatic heterocycles. The number of benzene rings is 2. The molecular weight excluding hydrogens is 496 g/mol. The van der Waals surface area contributed by atoms with Gasteiger partial charge in [0.1, 0.15) is 22.9 Å². The molecule has 3 heterocycles. The number of rotatable bonds is 7. The van der Waals surface area contributed by atoms with Gasteiger partial charge in [-0.25, -0.2) is 0 Å². The standard InChI is InChI=1S/C27H25ClN4O5/c1-31-26(35)21-9-5-11-32(24(21)27(31)36)18(15-29-25(34)20-8-2-3-10-23(20)33)13-19-14-22(30-37-19)16-6-4-7-17(28)12-16/h2-4,6-8,10,12,14,18,33H,5,9,11,13,15H2,1H3,(H,29,34). The number of hydrogen-bond acceptors (Lipinski definition) is 7. The number of aromatic hydroxyl groups is 1. The fourth-order valence-electron chi connectivity index (χ4n) is 4.80. The van der Waals surface area contributed by atoms with Crippen LogP contribution >= 0.6 is 11.6 Å². The number of amides is 3. The fraction of sp³-hybridized carbons (Fsp3) is 0.259. The van der Waals surface area contributed by atoms with Gasteiger partial charge >= 0.3 is 0 Å². The van der Waals surface area contributed by atoms with Crippen LogP contribution in [0, 0.1) is 0 Å².